The Morgan fingerprint density at radius 2 is 1.87 bits per heavy atom. The number of fused-ring (bicyclic) bond motifs is 3. The van der Waals surface area contributed by atoms with Crippen molar-refractivity contribution in [3.05, 3.63) is 77.0 Å². The maximum absolute atomic E-state index is 13.4. The number of carbonyl (C=O) groups excluding carboxylic acids is 1. The number of rotatable bonds is 3. The molecule has 0 saturated heterocycles. The molecule has 7 heteroatoms. The second kappa shape index (κ2) is 7.02. The average Bonchev–Trinajstić information content (AvgIpc) is 3.14. The van der Waals surface area contributed by atoms with Crippen LogP contribution in [0.25, 0.3) is 16.8 Å². The van der Waals surface area contributed by atoms with E-state index >= 15 is 0 Å². The van der Waals surface area contributed by atoms with Gasteiger partial charge >= 0.3 is 0 Å². The smallest absolute Gasteiger partial charge is 0.185 e. The van der Waals surface area contributed by atoms with Crippen LogP contribution in [0.2, 0.25) is 0 Å². The van der Waals surface area contributed by atoms with Crippen LogP contribution in [-0.2, 0) is 12.8 Å². The van der Waals surface area contributed by atoms with Crippen molar-refractivity contribution < 1.29 is 14.3 Å². The van der Waals surface area contributed by atoms with Crippen LogP contribution in [-0.4, -0.2) is 30.7 Å². The number of halogens is 1. The maximum Gasteiger partial charge on any atom is 0.185 e. The van der Waals surface area contributed by atoms with Crippen molar-refractivity contribution in [1.29, 1.82) is 0 Å². The van der Waals surface area contributed by atoms with Gasteiger partial charge in [-0.05, 0) is 42.2 Å². The predicted octanol–water partition coefficient (Wildman–Crippen LogP) is 4.11. The summed E-state index contributed by atoms with van der Waals surface area (Å²) < 4.78 is 15.1. The lowest BCUT2D eigenvalue weighted by Gasteiger charge is -2.23. The number of phenolic OH excluding ortho intramolecular Hbond substituents is 1. The summed E-state index contributed by atoms with van der Waals surface area (Å²) in [6.45, 7) is 1.99. The van der Waals surface area contributed by atoms with E-state index in [1.165, 1.54) is 12.1 Å². The molecule has 0 fully saturated rings. The molecule has 0 spiro atoms. The van der Waals surface area contributed by atoms with E-state index in [4.69, 9.17) is 5.10 Å². The zero-order valence-corrected chi connectivity index (χ0v) is 16.3. The molecule has 0 aliphatic heterocycles. The van der Waals surface area contributed by atoms with E-state index in [0.29, 0.717) is 29.9 Å². The number of phenols is 1. The minimum absolute atomic E-state index is 0.115. The van der Waals surface area contributed by atoms with E-state index in [2.05, 4.69) is 10.2 Å². The number of aromatic hydroxyl groups is 1. The molecule has 6 nitrogen and oxygen atoms in total. The number of carbonyl (C=O) groups is 1. The maximum atomic E-state index is 13.4. The molecule has 4 aromatic rings. The van der Waals surface area contributed by atoms with Gasteiger partial charge in [-0.2, -0.15) is 5.10 Å². The number of hydrogen-bond acceptors (Lipinski definition) is 5. The number of ketones is 1. The van der Waals surface area contributed by atoms with Gasteiger partial charge < -0.3 is 5.11 Å². The van der Waals surface area contributed by atoms with Gasteiger partial charge in [0.25, 0.3) is 0 Å². The van der Waals surface area contributed by atoms with Crippen LogP contribution in [0.4, 0.5) is 4.39 Å². The molecule has 0 radical (unpaired) electrons. The Labute approximate surface area is 172 Å². The van der Waals surface area contributed by atoms with Crippen LogP contribution in [0.1, 0.15) is 46.7 Å². The van der Waals surface area contributed by atoms with E-state index in [9.17, 15) is 14.3 Å². The van der Waals surface area contributed by atoms with Gasteiger partial charge in [0.05, 0.1) is 17.0 Å². The van der Waals surface area contributed by atoms with Gasteiger partial charge in [0, 0.05) is 12.3 Å². The minimum atomic E-state index is -0.312. The molecule has 2 heterocycles. The van der Waals surface area contributed by atoms with Crippen molar-refractivity contribution in [2.75, 3.05) is 0 Å². The predicted molar refractivity (Wildman–Crippen MR) is 109 cm³/mol. The molecule has 2 aromatic carbocycles. The molecule has 1 aliphatic carbocycles. The third-order valence-electron chi connectivity index (χ3n) is 5.69. The van der Waals surface area contributed by atoms with Crippen LogP contribution < -0.4 is 0 Å². The normalized spacial score (nSPS) is 16.1. The number of para-hydroxylation sites is 1. The number of aromatic nitrogens is 4. The fourth-order valence-corrected chi connectivity index (χ4v) is 4.23. The van der Waals surface area contributed by atoms with E-state index in [0.717, 1.165) is 22.4 Å². The minimum Gasteiger partial charge on any atom is -0.508 e. The Hall–Kier alpha value is -3.61. The monoisotopic (exact) mass is 402 g/mol. The van der Waals surface area contributed by atoms with E-state index < -0.39 is 0 Å². The highest BCUT2D eigenvalue weighted by Gasteiger charge is 2.32. The van der Waals surface area contributed by atoms with E-state index in [1.807, 2.05) is 19.1 Å². The van der Waals surface area contributed by atoms with Crippen molar-refractivity contribution in [3.63, 3.8) is 0 Å². The number of hydrogen-bond donors (Lipinski definition) is 1. The highest BCUT2D eigenvalue weighted by atomic mass is 19.1. The summed E-state index contributed by atoms with van der Waals surface area (Å²) in [5.74, 6) is -0.413. The lowest BCUT2D eigenvalue weighted by atomic mass is 9.83. The zero-order valence-electron chi connectivity index (χ0n) is 16.3. The zero-order chi connectivity index (χ0) is 20.8. The van der Waals surface area contributed by atoms with E-state index in [-0.39, 0.29) is 29.7 Å². The fourth-order valence-electron chi connectivity index (χ4n) is 4.23. The van der Waals surface area contributed by atoms with Crippen LogP contribution in [0.3, 0.4) is 0 Å². The molecule has 0 amide bonds. The highest BCUT2D eigenvalue weighted by molar-refractivity contribution is 5.97. The van der Waals surface area contributed by atoms with E-state index in [1.54, 1.807) is 28.8 Å². The van der Waals surface area contributed by atoms with Crippen molar-refractivity contribution in [2.45, 2.75) is 32.1 Å². The molecule has 1 unspecified atom stereocenters. The second-order valence-electron chi connectivity index (χ2n) is 7.50. The van der Waals surface area contributed by atoms with Gasteiger partial charge in [-0.3, -0.25) is 4.79 Å². The highest BCUT2D eigenvalue weighted by Crippen LogP contribution is 2.37. The first-order chi connectivity index (χ1) is 14.6. The Balaban J connectivity index is 1.69. The first-order valence-electron chi connectivity index (χ1n) is 9.91. The van der Waals surface area contributed by atoms with Crippen LogP contribution in [0, 0.1) is 5.82 Å². The number of Topliss-reactive ketones (excluding diaryl/α,β-unsaturated/α-hetero) is 1. The number of aryl methyl sites for hydroxylation is 1. The topological polar surface area (TPSA) is 80.4 Å². The summed E-state index contributed by atoms with van der Waals surface area (Å²) in [4.78, 5) is 12.8. The van der Waals surface area contributed by atoms with Gasteiger partial charge in [-0.15, -0.1) is 10.2 Å². The van der Waals surface area contributed by atoms with Crippen LogP contribution >= 0.6 is 0 Å². The van der Waals surface area contributed by atoms with Crippen LogP contribution in [0.15, 0.2) is 48.5 Å². The molecule has 1 N–H and O–H groups in total. The first kappa shape index (κ1) is 18.4. The molecule has 2 aromatic heterocycles. The van der Waals surface area contributed by atoms with Crippen molar-refractivity contribution >= 4 is 11.4 Å². The quantitative estimate of drug-likeness (QED) is 0.558. The molecular formula is C23H19FN4O2. The van der Waals surface area contributed by atoms with Gasteiger partial charge in [0.2, 0.25) is 0 Å². The molecule has 5 rings (SSSR count). The lowest BCUT2D eigenvalue weighted by Crippen LogP contribution is -2.24. The van der Waals surface area contributed by atoms with Crippen LogP contribution in [0.5, 0.6) is 5.75 Å². The fraction of sp³-hybridized carbons (Fsp3) is 0.217. The number of benzene rings is 2. The molecule has 150 valence electrons. The number of nitrogens with zero attached hydrogens (tertiary/aromatic N) is 4. The Kier molecular flexibility index (Phi) is 4.31. The van der Waals surface area contributed by atoms with Gasteiger partial charge in [-0.25, -0.2) is 8.91 Å². The Bertz CT molecular complexity index is 1280. The summed E-state index contributed by atoms with van der Waals surface area (Å²) >= 11 is 0. The standard InChI is InChI=1S/C23H19FN4O2/c1-2-17-21(13-7-9-15(24)10-8-13)23-26-25-22-18(28(23)27-17)11-14(12-20(22)30)16-5-3-4-6-19(16)29/h3-10,14,29H,2,11-12H2,1H3. The van der Waals surface area contributed by atoms with Crippen molar-refractivity contribution in [2.24, 2.45) is 0 Å². The second-order valence-corrected chi connectivity index (χ2v) is 7.50. The molecule has 1 atom stereocenters. The Morgan fingerprint density at radius 3 is 2.60 bits per heavy atom. The van der Waals surface area contributed by atoms with Gasteiger partial charge in [-0.1, -0.05) is 37.3 Å². The molecule has 0 bridgehead atoms. The first-order valence-corrected chi connectivity index (χ1v) is 9.91. The summed E-state index contributed by atoms with van der Waals surface area (Å²) in [7, 11) is 0. The summed E-state index contributed by atoms with van der Waals surface area (Å²) in [5, 5.41) is 23.6. The third-order valence-corrected chi connectivity index (χ3v) is 5.69. The summed E-state index contributed by atoms with van der Waals surface area (Å²) in [5.41, 5.74) is 4.70. The van der Waals surface area contributed by atoms with Gasteiger partial charge in [0.1, 0.15) is 11.6 Å². The summed E-state index contributed by atoms with van der Waals surface area (Å²) in [6, 6.07) is 13.3. The molecule has 30 heavy (non-hydrogen) atoms. The summed E-state index contributed by atoms with van der Waals surface area (Å²) in [6.07, 6.45) is 1.43. The molecular weight excluding hydrogens is 383 g/mol. The molecule has 1 aliphatic rings. The third kappa shape index (κ3) is 2.85. The van der Waals surface area contributed by atoms with Crippen molar-refractivity contribution in [1.82, 2.24) is 19.8 Å². The largest absolute Gasteiger partial charge is 0.508 e. The average molecular weight is 402 g/mol. The SMILES string of the molecule is CCc1nn2c3c(nnc2c1-c1ccc(F)cc1)C(=O)CC(c1ccccc1O)C3. The molecule has 0 saturated carbocycles. The lowest BCUT2D eigenvalue weighted by molar-refractivity contribution is 0.0955. The Morgan fingerprint density at radius 1 is 1.10 bits per heavy atom. The van der Waals surface area contributed by atoms with Gasteiger partial charge in [0.15, 0.2) is 17.1 Å². The van der Waals surface area contributed by atoms with Crippen molar-refractivity contribution in [3.8, 4) is 16.9 Å².